The van der Waals surface area contributed by atoms with Gasteiger partial charge >= 0.3 is 5.76 Å². The normalized spacial score (nSPS) is 10.7. The third-order valence-corrected chi connectivity index (χ3v) is 4.21. The van der Waals surface area contributed by atoms with Crippen LogP contribution in [0.4, 0.5) is 0 Å². The number of hydrogen-bond donors (Lipinski definition) is 2. The Hall–Kier alpha value is -2.74. The van der Waals surface area contributed by atoms with Crippen molar-refractivity contribution >= 4 is 17.2 Å². The van der Waals surface area contributed by atoms with Crippen molar-refractivity contribution in [1.82, 2.24) is 20.4 Å². The number of carbonyl (C=O) groups excluding carboxylic acids is 1. The van der Waals surface area contributed by atoms with Crippen LogP contribution in [0.2, 0.25) is 0 Å². The number of thiazole rings is 1. The molecule has 0 saturated heterocycles. The predicted octanol–water partition coefficient (Wildman–Crippen LogP) is 1.31. The monoisotopic (exact) mass is 344 g/mol. The molecular weight excluding hydrogens is 328 g/mol. The SMILES string of the molecule is O=C(Cc1csc(Cc2ccccc2)n1)NCCc1noc(=O)[nH]1. The van der Waals surface area contributed by atoms with Gasteiger partial charge in [-0.2, -0.15) is 0 Å². The number of benzene rings is 1. The highest BCUT2D eigenvalue weighted by molar-refractivity contribution is 7.09. The van der Waals surface area contributed by atoms with E-state index >= 15 is 0 Å². The van der Waals surface area contributed by atoms with Crippen molar-refractivity contribution in [2.75, 3.05) is 6.54 Å². The van der Waals surface area contributed by atoms with Crippen molar-refractivity contribution in [1.29, 1.82) is 0 Å². The molecule has 3 rings (SSSR count). The molecule has 0 aliphatic heterocycles. The molecule has 1 amide bonds. The van der Waals surface area contributed by atoms with Crippen LogP contribution in [0.5, 0.6) is 0 Å². The summed E-state index contributed by atoms with van der Waals surface area (Å²) < 4.78 is 4.39. The molecule has 0 bridgehead atoms. The van der Waals surface area contributed by atoms with Crippen LogP contribution in [-0.4, -0.2) is 27.6 Å². The molecule has 1 aromatic carbocycles. The van der Waals surface area contributed by atoms with Gasteiger partial charge in [0.05, 0.1) is 17.1 Å². The van der Waals surface area contributed by atoms with E-state index in [0.717, 1.165) is 17.1 Å². The Kier molecular flexibility index (Phi) is 5.17. The van der Waals surface area contributed by atoms with E-state index in [1.807, 2.05) is 23.6 Å². The summed E-state index contributed by atoms with van der Waals surface area (Å²) in [4.78, 5) is 29.6. The fourth-order valence-electron chi connectivity index (χ4n) is 2.20. The molecule has 0 unspecified atom stereocenters. The molecule has 2 heterocycles. The number of nitrogens with zero attached hydrogens (tertiary/aromatic N) is 2. The maximum absolute atomic E-state index is 11.9. The van der Waals surface area contributed by atoms with E-state index in [2.05, 4.69) is 37.1 Å². The second-order valence-electron chi connectivity index (χ2n) is 5.21. The molecule has 124 valence electrons. The quantitative estimate of drug-likeness (QED) is 0.673. The van der Waals surface area contributed by atoms with E-state index in [0.29, 0.717) is 18.8 Å². The lowest BCUT2D eigenvalue weighted by Crippen LogP contribution is -2.27. The Labute approximate surface area is 141 Å². The second-order valence-corrected chi connectivity index (χ2v) is 6.16. The average Bonchev–Trinajstić information content (AvgIpc) is 3.17. The first-order valence-electron chi connectivity index (χ1n) is 7.48. The molecule has 0 fully saturated rings. The summed E-state index contributed by atoms with van der Waals surface area (Å²) in [6.07, 6.45) is 1.42. The van der Waals surface area contributed by atoms with Gasteiger partial charge in [0.15, 0.2) is 5.82 Å². The number of H-pyrrole nitrogens is 1. The first-order valence-corrected chi connectivity index (χ1v) is 8.36. The molecule has 24 heavy (non-hydrogen) atoms. The summed E-state index contributed by atoms with van der Waals surface area (Å²) in [5, 5.41) is 9.20. The van der Waals surface area contributed by atoms with Gasteiger partial charge < -0.3 is 5.32 Å². The molecule has 0 atom stereocenters. The van der Waals surface area contributed by atoms with Crippen LogP contribution in [0.3, 0.4) is 0 Å². The number of nitrogens with one attached hydrogen (secondary N) is 2. The molecule has 8 heteroatoms. The highest BCUT2D eigenvalue weighted by Crippen LogP contribution is 2.15. The highest BCUT2D eigenvalue weighted by Gasteiger charge is 2.09. The zero-order valence-electron chi connectivity index (χ0n) is 12.8. The van der Waals surface area contributed by atoms with Gasteiger partial charge in [0.1, 0.15) is 0 Å². The van der Waals surface area contributed by atoms with Crippen LogP contribution in [0.25, 0.3) is 0 Å². The molecular formula is C16H16N4O3S. The zero-order valence-corrected chi connectivity index (χ0v) is 13.6. The lowest BCUT2D eigenvalue weighted by atomic mass is 10.2. The Bertz CT molecular complexity index is 853. The maximum Gasteiger partial charge on any atom is 0.438 e. The number of aromatic amines is 1. The first-order chi connectivity index (χ1) is 11.7. The van der Waals surface area contributed by atoms with Crippen molar-refractivity contribution in [2.45, 2.75) is 19.3 Å². The topological polar surface area (TPSA) is 101 Å². The van der Waals surface area contributed by atoms with E-state index in [9.17, 15) is 9.59 Å². The summed E-state index contributed by atoms with van der Waals surface area (Å²) in [5.74, 6) is -0.291. The number of carbonyl (C=O) groups is 1. The average molecular weight is 344 g/mol. The maximum atomic E-state index is 11.9. The third kappa shape index (κ3) is 4.63. The summed E-state index contributed by atoms with van der Waals surface area (Å²) in [7, 11) is 0. The zero-order chi connectivity index (χ0) is 16.8. The van der Waals surface area contributed by atoms with Gasteiger partial charge in [0.2, 0.25) is 5.91 Å². The molecule has 2 N–H and O–H groups in total. The largest absolute Gasteiger partial charge is 0.438 e. The molecule has 2 aromatic heterocycles. The molecule has 0 aliphatic rings. The number of amides is 1. The summed E-state index contributed by atoms with van der Waals surface area (Å²) in [5.41, 5.74) is 1.96. The van der Waals surface area contributed by atoms with Crippen molar-refractivity contribution < 1.29 is 9.32 Å². The molecule has 3 aromatic rings. The Morgan fingerprint density at radius 2 is 2.12 bits per heavy atom. The van der Waals surface area contributed by atoms with Gasteiger partial charge in [-0.05, 0) is 5.56 Å². The van der Waals surface area contributed by atoms with Gasteiger partial charge in [-0.1, -0.05) is 35.5 Å². The number of aromatic nitrogens is 3. The highest BCUT2D eigenvalue weighted by atomic mass is 32.1. The van der Waals surface area contributed by atoms with Crippen LogP contribution in [0, 0.1) is 0 Å². The smallest absolute Gasteiger partial charge is 0.355 e. The fraction of sp³-hybridized carbons (Fsp3) is 0.250. The van der Waals surface area contributed by atoms with Crippen LogP contribution in [0.15, 0.2) is 45.0 Å². The summed E-state index contributed by atoms with van der Waals surface area (Å²) in [6.45, 7) is 0.377. The molecule has 0 radical (unpaired) electrons. The molecule has 0 aliphatic carbocycles. The minimum atomic E-state index is -0.593. The predicted molar refractivity (Wildman–Crippen MR) is 88.9 cm³/mol. The van der Waals surface area contributed by atoms with E-state index < -0.39 is 5.76 Å². The lowest BCUT2D eigenvalue weighted by Gasteiger charge is -2.01. The number of hydrogen-bond acceptors (Lipinski definition) is 6. The van der Waals surface area contributed by atoms with Gasteiger partial charge in [-0.25, -0.2) is 9.78 Å². The Morgan fingerprint density at radius 1 is 1.29 bits per heavy atom. The van der Waals surface area contributed by atoms with Gasteiger partial charge in [0.25, 0.3) is 0 Å². The molecule has 0 spiro atoms. The summed E-state index contributed by atoms with van der Waals surface area (Å²) >= 11 is 1.56. The standard InChI is InChI=1S/C16H16N4O3S/c21-14(17-7-6-13-19-16(22)23-20-13)9-12-10-24-15(18-12)8-11-4-2-1-3-5-11/h1-5,10H,6-9H2,(H,17,21)(H,19,20,22). The summed E-state index contributed by atoms with van der Waals surface area (Å²) in [6, 6.07) is 10.1. The molecule has 0 saturated carbocycles. The minimum absolute atomic E-state index is 0.114. The van der Waals surface area contributed by atoms with E-state index in [-0.39, 0.29) is 12.3 Å². The van der Waals surface area contributed by atoms with Crippen LogP contribution in [-0.2, 0) is 24.1 Å². The fourth-order valence-corrected chi connectivity index (χ4v) is 3.03. The second kappa shape index (κ2) is 7.69. The van der Waals surface area contributed by atoms with Crippen molar-refractivity contribution in [3.63, 3.8) is 0 Å². The minimum Gasteiger partial charge on any atom is -0.355 e. The van der Waals surface area contributed by atoms with Crippen molar-refractivity contribution in [3.05, 3.63) is 68.4 Å². The van der Waals surface area contributed by atoms with E-state index in [1.54, 1.807) is 11.3 Å². The molecule has 7 nitrogen and oxygen atoms in total. The van der Waals surface area contributed by atoms with Gasteiger partial charge in [0, 0.05) is 24.8 Å². The van der Waals surface area contributed by atoms with Gasteiger partial charge in [-0.3, -0.25) is 14.3 Å². The van der Waals surface area contributed by atoms with Crippen molar-refractivity contribution in [3.8, 4) is 0 Å². The number of rotatable bonds is 7. The van der Waals surface area contributed by atoms with E-state index in [4.69, 9.17) is 0 Å². The Morgan fingerprint density at radius 3 is 2.88 bits per heavy atom. The van der Waals surface area contributed by atoms with E-state index in [1.165, 1.54) is 5.56 Å². The van der Waals surface area contributed by atoms with Crippen LogP contribution in [0.1, 0.15) is 22.1 Å². The first kappa shape index (κ1) is 16.1. The van der Waals surface area contributed by atoms with Crippen LogP contribution < -0.4 is 11.1 Å². The third-order valence-electron chi connectivity index (χ3n) is 3.31. The lowest BCUT2D eigenvalue weighted by molar-refractivity contribution is -0.120. The van der Waals surface area contributed by atoms with Crippen LogP contribution >= 0.6 is 11.3 Å². The Balaban J connectivity index is 1.45. The van der Waals surface area contributed by atoms with Crippen molar-refractivity contribution in [2.24, 2.45) is 0 Å². The van der Waals surface area contributed by atoms with Gasteiger partial charge in [-0.15, -0.1) is 11.3 Å².